The van der Waals surface area contributed by atoms with E-state index in [-0.39, 0.29) is 119 Å². The molecule has 26 nitrogen and oxygen atoms in total. The lowest BCUT2D eigenvalue weighted by Gasteiger charge is -2.38. The van der Waals surface area contributed by atoms with Gasteiger partial charge in [-0.2, -0.15) is 0 Å². The van der Waals surface area contributed by atoms with Crippen molar-refractivity contribution in [2.45, 2.75) is 327 Å². The number of unbranched alkanes of at least 4 members (excludes halogenated alkanes) is 4. The number of carbonyl (C=O) groups is 6. The van der Waals surface area contributed by atoms with Crippen LogP contribution in [0.1, 0.15) is 214 Å². The Balaban J connectivity index is 0.000000235. The van der Waals surface area contributed by atoms with Crippen molar-refractivity contribution in [3.63, 3.8) is 0 Å². The summed E-state index contributed by atoms with van der Waals surface area (Å²) >= 11 is 0. The number of allylic oxidation sites excluding steroid dienone is 6. The first-order chi connectivity index (χ1) is 53.4. The zero-order valence-electron chi connectivity index (χ0n) is 71.0. The lowest BCUT2D eigenvalue weighted by molar-refractivity contribution is -0.187. The lowest BCUT2D eigenvalue weighted by Crippen LogP contribution is -2.46. The largest absolute Gasteiger partial charge is 0.458 e. The third-order valence-electron chi connectivity index (χ3n) is 20.5. The Bertz CT molecular complexity index is 3300. The highest BCUT2D eigenvalue weighted by atomic mass is 16.7. The fraction of sp³-hybridized carbons (Fsp3) is 0.724. The summed E-state index contributed by atoms with van der Waals surface area (Å²) in [6.07, 6.45) is 38.3. The van der Waals surface area contributed by atoms with E-state index in [1.54, 1.807) is 58.0 Å². The molecule has 3 spiro atoms. The van der Waals surface area contributed by atoms with Crippen molar-refractivity contribution in [3.8, 4) is 0 Å². The number of hydrogen-bond acceptors (Lipinski definition) is 21. The first-order valence-corrected chi connectivity index (χ1v) is 41.1. The van der Waals surface area contributed by atoms with Crippen LogP contribution in [0, 0.1) is 0 Å². The molecule has 0 radical (unpaired) electrons. The molecule has 3 N–H and O–H groups in total. The van der Waals surface area contributed by atoms with Gasteiger partial charge in [0, 0.05) is 109 Å². The second-order valence-corrected chi connectivity index (χ2v) is 34.1. The molecule has 113 heavy (non-hydrogen) atoms. The summed E-state index contributed by atoms with van der Waals surface area (Å²) in [4.78, 5) is 75.6. The molecule has 9 saturated heterocycles. The topological polar surface area (TPSA) is 293 Å². The Kier molecular flexibility index (Phi) is 37.2. The molecule has 0 aromatic rings. The maximum Gasteiger partial charge on any atom is 0.410 e. The average Bonchev–Trinajstić information content (AvgIpc) is 1.63. The van der Waals surface area contributed by atoms with Crippen molar-refractivity contribution in [2.24, 2.45) is 0 Å². The van der Waals surface area contributed by atoms with Crippen LogP contribution in [0.15, 0.2) is 108 Å². The van der Waals surface area contributed by atoms with Crippen molar-refractivity contribution < 1.29 is 99.8 Å². The van der Waals surface area contributed by atoms with Crippen LogP contribution >= 0.6 is 0 Å². The van der Waals surface area contributed by atoms with Gasteiger partial charge in [-0.05, 0) is 128 Å². The number of epoxide rings is 3. The molecule has 0 aliphatic carbocycles. The molecule has 0 unspecified atom stereocenters. The van der Waals surface area contributed by atoms with E-state index in [9.17, 15) is 28.8 Å². The molecule has 0 bridgehead atoms. The van der Waals surface area contributed by atoms with Crippen molar-refractivity contribution in [1.82, 2.24) is 25.8 Å². The van der Waals surface area contributed by atoms with Crippen LogP contribution < -0.4 is 16.0 Å². The lowest BCUT2D eigenvalue weighted by atomic mass is 9.85. The van der Waals surface area contributed by atoms with E-state index < -0.39 is 30.5 Å². The zero-order valence-corrected chi connectivity index (χ0v) is 71.0. The minimum Gasteiger partial charge on any atom is -0.458 e. The van der Waals surface area contributed by atoms with Gasteiger partial charge >= 0.3 is 18.2 Å². The predicted molar refractivity (Wildman–Crippen MR) is 430 cm³/mol. The Hall–Kier alpha value is -6.40. The fourth-order valence-electron chi connectivity index (χ4n) is 14.2. The van der Waals surface area contributed by atoms with Gasteiger partial charge in [0.25, 0.3) is 0 Å². The standard InChI is InChI=1S/C30H48N2O7.C29H45NO7.C28H44N2O7/c1-7-8-9-16-32(6)28(34)38-23(3)12-14-26(33)31-24-18-35-27(36-19-24)15-11-22(2)10-13-25-17-30(21-37-30)20-29(4,5)39-25;1-6-7-8-9-26(32)36-22(3)12-14-25(31)30-23-17-33-27(34-18-23)15-11-21(2)10-13-24-16-29(20-35-29)19-28(4,5)37-24;1-19(2)30(7)26(32)36-21(4)10-12-24(31)29-22-15-33-25(34-16-22)13-9-20(3)8-11-23-14-28(18-35-28)17-27(5,6)37-23/h10-14,23-25,27H,7-9,15-21H2,1-6H3,(H,31,33);10-14,22-24,27H,6-9,15-20H2,1-5H3,(H,30,31);8-12,19,21-23,25H,13-18H2,1-7H3,(H,29,31)/b13-10+,14-12-,22-11+;13-10+,14-12-,21-11+;11-8+,12-10-,20-9+/t23-,24?,25+,27?,30+;22-,23?,24+,27?,29+;21-,22?,23+,25?,28+/m000/s1. The van der Waals surface area contributed by atoms with E-state index in [1.165, 1.54) is 23.1 Å². The molecule has 9 aliphatic heterocycles. The number of carbonyl (C=O) groups excluding carboxylic acids is 6. The molecular formula is C87H137N5O21. The first-order valence-electron chi connectivity index (χ1n) is 41.1. The van der Waals surface area contributed by atoms with Crippen LogP contribution in [0.2, 0.25) is 0 Å². The molecule has 9 heterocycles. The summed E-state index contributed by atoms with van der Waals surface area (Å²) in [5.74, 6) is -1.07. The van der Waals surface area contributed by atoms with Gasteiger partial charge in [-0.15, -0.1) is 0 Å². The summed E-state index contributed by atoms with van der Waals surface area (Å²) in [5.41, 5.74) is 2.84. The van der Waals surface area contributed by atoms with Gasteiger partial charge < -0.3 is 96.8 Å². The second kappa shape index (κ2) is 44.8. The van der Waals surface area contributed by atoms with Crippen LogP contribution in [0.5, 0.6) is 0 Å². The molecule has 9 rings (SSSR count). The highest BCUT2D eigenvalue weighted by Crippen LogP contribution is 2.48. The summed E-state index contributed by atoms with van der Waals surface area (Å²) < 4.78 is 86.4. The fourth-order valence-corrected chi connectivity index (χ4v) is 14.2. The van der Waals surface area contributed by atoms with Crippen molar-refractivity contribution >= 4 is 35.9 Å². The van der Waals surface area contributed by atoms with Crippen molar-refractivity contribution in [2.75, 3.05) is 80.1 Å². The highest BCUT2D eigenvalue weighted by molar-refractivity contribution is 5.89. The van der Waals surface area contributed by atoms with E-state index in [0.29, 0.717) is 71.9 Å². The summed E-state index contributed by atoms with van der Waals surface area (Å²) in [7, 11) is 3.39. The van der Waals surface area contributed by atoms with Crippen LogP contribution in [0.4, 0.5) is 9.59 Å². The van der Waals surface area contributed by atoms with Crippen LogP contribution in [0.3, 0.4) is 0 Å². The zero-order chi connectivity index (χ0) is 82.6. The number of rotatable bonds is 33. The molecule has 9 fully saturated rings. The maximum absolute atomic E-state index is 12.3. The second-order valence-electron chi connectivity index (χ2n) is 34.1. The van der Waals surface area contributed by atoms with Crippen molar-refractivity contribution in [3.05, 3.63) is 108 Å². The maximum atomic E-state index is 12.3. The number of nitrogens with zero attached hydrogens (tertiary/aromatic N) is 2. The molecule has 636 valence electrons. The van der Waals surface area contributed by atoms with Gasteiger partial charge in [0.05, 0.1) is 130 Å². The highest BCUT2D eigenvalue weighted by Gasteiger charge is 2.56. The van der Waals surface area contributed by atoms with E-state index in [2.05, 4.69) is 140 Å². The number of ether oxygens (including phenoxy) is 15. The monoisotopic (exact) mass is 1590 g/mol. The van der Waals surface area contributed by atoms with Gasteiger partial charge in [0.2, 0.25) is 17.7 Å². The average molecular weight is 1590 g/mol. The molecule has 0 aromatic heterocycles. The first kappa shape index (κ1) is 93.8. The molecule has 0 aromatic carbocycles. The Morgan fingerprint density at radius 1 is 0.442 bits per heavy atom. The van der Waals surface area contributed by atoms with E-state index in [1.807, 2.05) is 20.8 Å². The number of hydrogen-bond donors (Lipinski definition) is 3. The smallest absolute Gasteiger partial charge is 0.410 e. The van der Waals surface area contributed by atoms with Gasteiger partial charge in [0.15, 0.2) is 18.9 Å². The van der Waals surface area contributed by atoms with Gasteiger partial charge in [-0.1, -0.05) is 111 Å². The molecule has 9 aliphatic rings. The summed E-state index contributed by atoms with van der Waals surface area (Å²) in [6.45, 7) is 37.4. The minimum atomic E-state index is -0.522. The van der Waals surface area contributed by atoms with Crippen LogP contribution in [-0.2, 0) is 90.2 Å². The Labute approximate surface area is 673 Å². The Morgan fingerprint density at radius 2 is 0.752 bits per heavy atom. The third-order valence-corrected chi connectivity index (χ3v) is 20.5. The van der Waals surface area contributed by atoms with Gasteiger partial charge in [-0.25, -0.2) is 9.59 Å². The molecule has 5 amide bonds. The summed E-state index contributed by atoms with van der Waals surface area (Å²) in [5, 5.41) is 8.58. The van der Waals surface area contributed by atoms with Gasteiger partial charge in [-0.3, -0.25) is 19.2 Å². The van der Waals surface area contributed by atoms with Crippen LogP contribution in [0.25, 0.3) is 0 Å². The molecule has 9 atom stereocenters. The van der Waals surface area contributed by atoms with Gasteiger partial charge in [0.1, 0.15) is 18.3 Å². The van der Waals surface area contributed by atoms with E-state index in [0.717, 1.165) is 114 Å². The molecule has 26 heteroatoms. The van der Waals surface area contributed by atoms with Crippen LogP contribution in [-0.4, -0.2) is 239 Å². The molecular weight excluding hydrogens is 1450 g/mol. The minimum absolute atomic E-state index is 0.00938. The van der Waals surface area contributed by atoms with E-state index >= 15 is 0 Å². The predicted octanol–water partition coefficient (Wildman–Crippen LogP) is 13.1. The van der Waals surface area contributed by atoms with E-state index in [4.69, 9.17) is 71.1 Å². The Morgan fingerprint density at radius 3 is 1.06 bits per heavy atom. The molecule has 0 saturated carbocycles. The number of esters is 1. The SMILES string of the molecule is CC(/C=C/[C@@H]1C[C@]2(CO2)CC(C)(C)O1)=C\CC1OCC(NC(=O)/C=C\[C@H](C)OC(=O)N(C)C(C)C)CO1.CCCCCC(=O)O[C@@H](C)/C=C\C(=O)NC1COC(C/C=C(C)/C=C/[C@@H]2C[C@]3(CO3)CC(C)(C)O2)OC1.CCCCCN(C)C(=O)O[C@@H](C)/C=C\C(=O)NC1COC(C/C=C(C)/C=C/[C@@H]2C[C@]3(CO3)CC(C)(C)O2)OC1. The van der Waals surface area contributed by atoms with Crippen molar-refractivity contribution in [1.29, 1.82) is 0 Å². The quantitative estimate of drug-likeness (QED) is 0.0137. The third kappa shape index (κ3) is 35.9. The number of nitrogens with one attached hydrogen (secondary N) is 3. The number of amides is 5. The summed E-state index contributed by atoms with van der Waals surface area (Å²) in [6, 6.07) is -0.678. The normalized spacial score (nSPS) is 30.2.